The molecule has 0 saturated carbocycles. The summed E-state index contributed by atoms with van der Waals surface area (Å²) in [6, 6.07) is 6.33. The molecule has 8 nitrogen and oxygen atoms in total. The van der Waals surface area contributed by atoms with E-state index in [9.17, 15) is 9.59 Å². The van der Waals surface area contributed by atoms with Crippen molar-refractivity contribution in [1.29, 1.82) is 0 Å². The third-order valence-electron chi connectivity index (χ3n) is 3.18. The van der Waals surface area contributed by atoms with Crippen molar-refractivity contribution in [3.63, 3.8) is 0 Å². The topological polar surface area (TPSA) is 98.1 Å². The van der Waals surface area contributed by atoms with Crippen molar-refractivity contribution in [3.05, 3.63) is 30.6 Å². The van der Waals surface area contributed by atoms with Gasteiger partial charge in [-0.3, -0.25) is 19.5 Å². The van der Waals surface area contributed by atoms with E-state index in [4.69, 9.17) is 4.74 Å². The zero-order valence-electron chi connectivity index (χ0n) is 11.2. The van der Waals surface area contributed by atoms with Gasteiger partial charge in [0.15, 0.2) is 0 Å². The molecule has 2 N–H and O–H groups in total. The smallest absolute Gasteiger partial charge is 0.248 e. The molecule has 8 heteroatoms. The van der Waals surface area contributed by atoms with Gasteiger partial charge in [-0.15, -0.1) is 10.2 Å². The number of carbonyl (C=O) groups is 2. The molecule has 1 aromatic heterocycles. The van der Waals surface area contributed by atoms with Crippen LogP contribution in [0.3, 0.4) is 0 Å². The second-order valence-corrected chi connectivity index (χ2v) is 4.55. The Morgan fingerprint density at radius 2 is 2.38 bits per heavy atom. The van der Waals surface area contributed by atoms with Gasteiger partial charge in [0.25, 0.3) is 0 Å². The second-order valence-electron chi connectivity index (χ2n) is 4.55. The van der Waals surface area contributed by atoms with Crippen LogP contribution in [0.25, 0.3) is 0 Å². The van der Waals surface area contributed by atoms with E-state index in [-0.39, 0.29) is 24.2 Å². The van der Waals surface area contributed by atoms with Crippen LogP contribution in [0.2, 0.25) is 0 Å². The highest BCUT2D eigenvalue weighted by atomic mass is 16.5. The van der Waals surface area contributed by atoms with Crippen LogP contribution in [0.15, 0.2) is 30.6 Å². The number of benzene rings is 1. The van der Waals surface area contributed by atoms with Crippen molar-refractivity contribution < 1.29 is 14.3 Å². The van der Waals surface area contributed by atoms with Gasteiger partial charge in [-0.25, -0.2) is 0 Å². The fraction of sp³-hybridized carbons (Fsp3) is 0.231. The molecule has 21 heavy (non-hydrogen) atoms. The van der Waals surface area contributed by atoms with E-state index in [0.29, 0.717) is 11.4 Å². The predicted octanol–water partition coefficient (Wildman–Crippen LogP) is 0.809. The highest BCUT2D eigenvalue weighted by molar-refractivity contribution is 6.00. The average Bonchev–Trinajstić information content (AvgIpc) is 2.94. The largest absolute Gasteiger partial charge is 0.497 e. The number of hydrogen-bond donors (Lipinski definition) is 2. The van der Waals surface area contributed by atoms with E-state index in [1.165, 1.54) is 10.9 Å². The summed E-state index contributed by atoms with van der Waals surface area (Å²) in [5.74, 6) is 0.344. The Morgan fingerprint density at radius 3 is 3.19 bits per heavy atom. The van der Waals surface area contributed by atoms with Crippen LogP contribution in [0.4, 0.5) is 11.6 Å². The third kappa shape index (κ3) is 2.55. The van der Waals surface area contributed by atoms with Gasteiger partial charge < -0.3 is 10.1 Å². The van der Waals surface area contributed by atoms with Crippen molar-refractivity contribution in [2.45, 2.75) is 12.5 Å². The van der Waals surface area contributed by atoms with Crippen molar-refractivity contribution in [2.75, 3.05) is 17.7 Å². The van der Waals surface area contributed by atoms with E-state index in [2.05, 4.69) is 20.8 Å². The first kappa shape index (κ1) is 13.1. The quantitative estimate of drug-likeness (QED) is 0.870. The molecule has 2 heterocycles. The fourth-order valence-corrected chi connectivity index (χ4v) is 2.16. The average molecular weight is 287 g/mol. The van der Waals surface area contributed by atoms with Crippen LogP contribution in [-0.2, 0) is 9.59 Å². The minimum absolute atomic E-state index is 0.0425. The normalized spacial score (nSPS) is 16.8. The summed E-state index contributed by atoms with van der Waals surface area (Å²) in [5, 5.41) is 12.8. The van der Waals surface area contributed by atoms with Gasteiger partial charge in [0.1, 0.15) is 18.1 Å². The Hall–Kier alpha value is -2.90. The Morgan fingerprint density at radius 1 is 1.52 bits per heavy atom. The molecule has 1 aliphatic rings. The summed E-state index contributed by atoms with van der Waals surface area (Å²) < 4.78 is 6.64. The molecule has 1 aromatic carbocycles. The maximum atomic E-state index is 12.4. The van der Waals surface area contributed by atoms with Gasteiger partial charge in [-0.1, -0.05) is 6.07 Å². The molecule has 2 amide bonds. The molecule has 108 valence electrons. The molecule has 0 aliphatic carbocycles. The number of methoxy groups -OCH3 is 1. The summed E-state index contributed by atoms with van der Waals surface area (Å²) in [6.07, 6.45) is 1.46. The van der Waals surface area contributed by atoms with Crippen LogP contribution in [0, 0.1) is 0 Å². The van der Waals surface area contributed by atoms with Crippen LogP contribution < -0.4 is 15.4 Å². The SMILES string of the molecule is COc1cccc(NC(=O)C2CC(=O)Nc3nncn32)c1. The van der Waals surface area contributed by atoms with Gasteiger partial charge >= 0.3 is 0 Å². The van der Waals surface area contributed by atoms with Crippen LogP contribution in [0.5, 0.6) is 5.75 Å². The number of nitrogens with one attached hydrogen (secondary N) is 2. The van der Waals surface area contributed by atoms with Crippen LogP contribution >= 0.6 is 0 Å². The van der Waals surface area contributed by atoms with E-state index in [1.807, 2.05) is 0 Å². The Balaban J connectivity index is 1.81. The third-order valence-corrected chi connectivity index (χ3v) is 3.18. The Kier molecular flexibility index (Phi) is 3.27. The maximum Gasteiger partial charge on any atom is 0.248 e. The molecule has 0 fully saturated rings. The first-order valence-electron chi connectivity index (χ1n) is 6.31. The molecule has 0 spiro atoms. The monoisotopic (exact) mass is 287 g/mol. The van der Waals surface area contributed by atoms with Gasteiger partial charge in [0.2, 0.25) is 17.8 Å². The fourth-order valence-electron chi connectivity index (χ4n) is 2.16. The number of carbonyl (C=O) groups excluding carboxylic acids is 2. The highest BCUT2D eigenvalue weighted by Crippen LogP contribution is 2.24. The molecule has 1 unspecified atom stereocenters. The molecule has 2 aromatic rings. The number of fused-ring (bicyclic) bond motifs is 1. The second kappa shape index (κ2) is 5.23. The van der Waals surface area contributed by atoms with E-state index in [1.54, 1.807) is 31.4 Å². The zero-order valence-corrected chi connectivity index (χ0v) is 11.2. The molecule has 1 atom stereocenters. The minimum atomic E-state index is -0.671. The van der Waals surface area contributed by atoms with E-state index >= 15 is 0 Å². The lowest BCUT2D eigenvalue weighted by molar-refractivity contribution is -0.125. The summed E-state index contributed by atoms with van der Waals surface area (Å²) >= 11 is 0. The van der Waals surface area contributed by atoms with Crippen molar-refractivity contribution >= 4 is 23.5 Å². The van der Waals surface area contributed by atoms with Crippen LogP contribution in [-0.4, -0.2) is 33.7 Å². The summed E-state index contributed by atoms with van der Waals surface area (Å²) in [7, 11) is 1.55. The molecule has 0 bridgehead atoms. The highest BCUT2D eigenvalue weighted by Gasteiger charge is 2.31. The van der Waals surface area contributed by atoms with Crippen molar-refractivity contribution in [3.8, 4) is 5.75 Å². The molecular weight excluding hydrogens is 274 g/mol. The molecule has 0 saturated heterocycles. The lowest BCUT2D eigenvalue weighted by Gasteiger charge is -2.23. The van der Waals surface area contributed by atoms with Crippen LogP contribution in [0.1, 0.15) is 12.5 Å². The minimum Gasteiger partial charge on any atom is -0.497 e. The lowest BCUT2D eigenvalue weighted by atomic mass is 10.1. The van der Waals surface area contributed by atoms with Gasteiger partial charge in [0, 0.05) is 11.8 Å². The first-order chi connectivity index (χ1) is 10.2. The maximum absolute atomic E-state index is 12.4. The number of amides is 2. The van der Waals surface area contributed by atoms with Crippen molar-refractivity contribution in [2.24, 2.45) is 0 Å². The Bertz CT molecular complexity index is 697. The summed E-state index contributed by atoms with van der Waals surface area (Å²) in [6.45, 7) is 0. The van der Waals surface area contributed by atoms with Gasteiger partial charge in [0.05, 0.1) is 13.5 Å². The van der Waals surface area contributed by atoms with E-state index in [0.717, 1.165) is 0 Å². The standard InChI is InChI=1S/C13H13N5O3/c1-21-9-4-2-3-8(5-9)15-12(20)10-6-11(19)16-13-17-14-7-18(10)13/h2-5,7,10H,6H2,1H3,(H,15,20)(H,16,17,19). The molecule has 3 rings (SSSR count). The van der Waals surface area contributed by atoms with Gasteiger partial charge in [-0.05, 0) is 12.1 Å². The summed E-state index contributed by atoms with van der Waals surface area (Å²) in [4.78, 5) is 24.0. The lowest BCUT2D eigenvalue weighted by Crippen LogP contribution is -2.35. The zero-order chi connectivity index (χ0) is 14.8. The number of hydrogen-bond acceptors (Lipinski definition) is 5. The van der Waals surface area contributed by atoms with Gasteiger partial charge in [-0.2, -0.15) is 0 Å². The van der Waals surface area contributed by atoms with Crippen molar-refractivity contribution in [1.82, 2.24) is 14.8 Å². The summed E-state index contributed by atoms with van der Waals surface area (Å²) in [5.41, 5.74) is 0.597. The molecular formula is C13H13N5O3. The Labute approximate surface area is 120 Å². The number of nitrogens with zero attached hydrogens (tertiary/aromatic N) is 3. The molecule has 1 aliphatic heterocycles. The number of aromatic nitrogens is 3. The number of ether oxygens (including phenoxy) is 1. The number of anilines is 2. The predicted molar refractivity (Wildman–Crippen MR) is 73.9 cm³/mol. The van der Waals surface area contributed by atoms with E-state index < -0.39 is 6.04 Å². The first-order valence-corrected chi connectivity index (χ1v) is 6.31. The number of rotatable bonds is 3. The molecule has 0 radical (unpaired) electrons.